The van der Waals surface area contributed by atoms with Crippen molar-refractivity contribution in [2.75, 3.05) is 18.0 Å². The van der Waals surface area contributed by atoms with Gasteiger partial charge in [0.25, 0.3) is 0 Å². The van der Waals surface area contributed by atoms with E-state index in [2.05, 4.69) is 15.0 Å². The summed E-state index contributed by atoms with van der Waals surface area (Å²) in [5, 5.41) is 8.80. The molecule has 132 valence electrons. The average molecular weight is 354 g/mol. The van der Waals surface area contributed by atoms with Crippen LogP contribution in [0.15, 0.2) is 30.7 Å². The molecule has 0 aliphatic carbocycles. The monoisotopic (exact) mass is 354 g/mol. The Morgan fingerprint density at radius 1 is 1.20 bits per heavy atom. The second-order valence-corrected chi connectivity index (χ2v) is 5.42. The van der Waals surface area contributed by atoms with Crippen molar-refractivity contribution >= 4 is 11.8 Å². The zero-order valence-corrected chi connectivity index (χ0v) is 12.8. The summed E-state index contributed by atoms with van der Waals surface area (Å²) in [6.45, 7) is 1.05. The molecule has 7 nitrogen and oxygen atoms in total. The van der Waals surface area contributed by atoms with Gasteiger partial charge < -0.3 is 14.7 Å². The van der Waals surface area contributed by atoms with Crippen LogP contribution in [-0.2, 0) is 6.18 Å². The number of carboxylic acids is 1. The van der Waals surface area contributed by atoms with Crippen molar-refractivity contribution in [1.82, 2.24) is 15.0 Å². The van der Waals surface area contributed by atoms with Crippen LogP contribution in [0.2, 0.25) is 0 Å². The van der Waals surface area contributed by atoms with Crippen LogP contribution in [0, 0.1) is 0 Å². The summed E-state index contributed by atoms with van der Waals surface area (Å²) in [7, 11) is 0. The maximum atomic E-state index is 12.5. The molecule has 1 N–H and O–H groups in total. The minimum atomic E-state index is -4.43. The number of carbonyl (C=O) groups is 1. The van der Waals surface area contributed by atoms with Crippen molar-refractivity contribution in [2.45, 2.75) is 18.7 Å². The van der Waals surface area contributed by atoms with Gasteiger partial charge in [-0.3, -0.25) is 0 Å². The molecule has 1 saturated heterocycles. The Hall–Kier alpha value is -2.91. The van der Waals surface area contributed by atoms with Crippen molar-refractivity contribution in [3.63, 3.8) is 0 Å². The fourth-order valence-electron chi connectivity index (χ4n) is 2.42. The number of aromatic nitrogens is 3. The van der Waals surface area contributed by atoms with Gasteiger partial charge in [0.15, 0.2) is 5.69 Å². The molecule has 3 heterocycles. The molecule has 1 fully saturated rings. The van der Waals surface area contributed by atoms with E-state index in [4.69, 9.17) is 9.84 Å². The van der Waals surface area contributed by atoms with Crippen LogP contribution in [0.3, 0.4) is 0 Å². The zero-order chi connectivity index (χ0) is 18.0. The topological polar surface area (TPSA) is 88.4 Å². The van der Waals surface area contributed by atoms with E-state index in [1.165, 1.54) is 18.5 Å². The maximum absolute atomic E-state index is 12.5. The normalized spacial score (nSPS) is 17.6. The Balaban J connectivity index is 1.60. The molecule has 0 saturated carbocycles. The Bertz CT molecular complexity index is 750. The highest BCUT2D eigenvalue weighted by Crippen LogP contribution is 2.29. The number of anilines is 1. The van der Waals surface area contributed by atoms with Crippen LogP contribution in [0.4, 0.5) is 19.0 Å². The van der Waals surface area contributed by atoms with Crippen molar-refractivity contribution in [1.29, 1.82) is 0 Å². The smallest absolute Gasteiger partial charge is 0.417 e. The van der Waals surface area contributed by atoms with Gasteiger partial charge in [0.2, 0.25) is 5.88 Å². The van der Waals surface area contributed by atoms with Crippen molar-refractivity contribution in [3.05, 3.63) is 42.0 Å². The number of pyridine rings is 1. The van der Waals surface area contributed by atoms with Crippen molar-refractivity contribution < 1.29 is 27.8 Å². The lowest BCUT2D eigenvalue weighted by Gasteiger charge is -2.17. The van der Waals surface area contributed by atoms with E-state index < -0.39 is 17.7 Å². The summed E-state index contributed by atoms with van der Waals surface area (Å²) >= 11 is 0. The Labute approximate surface area is 140 Å². The van der Waals surface area contributed by atoms with E-state index in [-0.39, 0.29) is 17.7 Å². The fourth-order valence-corrected chi connectivity index (χ4v) is 2.42. The number of ether oxygens (including phenoxy) is 1. The van der Waals surface area contributed by atoms with E-state index >= 15 is 0 Å². The molecule has 1 aliphatic rings. The van der Waals surface area contributed by atoms with Gasteiger partial charge >= 0.3 is 12.1 Å². The third-order valence-corrected chi connectivity index (χ3v) is 3.68. The number of alkyl halides is 3. The maximum Gasteiger partial charge on any atom is 0.417 e. The molecule has 1 unspecified atom stereocenters. The van der Waals surface area contributed by atoms with E-state index in [0.29, 0.717) is 25.3 Å². The number of nitrogens with zero attached hydrogens (tertiary/aromatic N) is 4. The molecule has 0 radical (unpaired) electrons. The summed E-state index contributed by atoms with van der Waals surface area (Å²) < 4.78 is 43.1. The summed E-state index contributed by atoms with van der Waals surface area (Å²) in [6, 6.07) is 2.11. The number of hydrogen-bond acceptors (Lipinski definition) is 6. The number of halogens is 3. The Morgan fingerprint density at radius 3 is 2.56 bits per heavy atom. The molecule has 0 aromatic carbocycles. The molecule has 1 atom stereocenters. The summed E-state index contributed by atoms with van der Waals surface area (Å²) in [5.74, 6) is -0.529. The molecule has 25 heavy (non-hydrogen) atoms. The molecular formula is C15H13F3N4O3. The van der Waals surface area contributed by atoms with E-state index in [9.17, 15) is 18.0 Å². The van der Waals surface area contributed by atoms with Gasteiger partial charge in [-0.15, -0.1) is 0 Å². The molecule has 3 rings (SSSR count). The first kappa shape index (κ1) is 16.9. The second kappa shape index (κ2) is 6.54. The van der Waals surface area contributed by atoms with Crippen molar-refractivity contribution in [2.24, 2.45) is 0 Å². The van der Waals surface area contributed by atoms with Gasteiger partial charge in [-0.2, -0.15) is 13.2 Å². The highest BCUT2D eigenvalue weighted by Gasteiger charge is 2.31. The number of carboxylic acid groups (broad SMARTS) is 1. The SMILES string of the molecule is O=C(O)c1cnc(N2CCC(Oc3ccc(C(F)(F)F)cn3)C2)cn1. The molecule has 0 bridgehead atoms. The van der Waals surface area contributed by atoms with Gasteiger partial charge in [0.1, 0.15) is 11.9 Å². The second-order valence-electron chi connectivity index (χ2n) is 5.42. The molecule has 10 heteroatoms. The van der Waals surface area contributed by atoms with Gasteiger partial charge in [-0.1, -0.05) is 0 Å². The Morgan fingerprint density at radius 2 is 2.00 bits per heavy atom. The first-order chi connectivity index (χ1) is 11.8. The minimum absolute atomic E-state index is 0.118. The lowest BCUT2D eigenvalue weighted by atomic mass is 10.3. The molecule has 0 amide bonds. The van der Waals surface area contributed by atoms with Gasteiger partial charge in [0.05, 0.1) is 24.5 Å². The van der Waals surface area contributed by atoms with Crippen LogP contribution in [0.1, 0.15) is 22.5 Å². The lowest BCUT2D eigenvalue weighted by Crippen LogP contribution is -2.25. The van der Waals surface area contributed by atoms with E-state index in [1.54, 1.807) is 0 Å². The molecule has 0 spiro atoms. The standard InChI is InChI=1S/C15H13F3N4O3/c16-15(17,18)9-1-2-13(21-5-9)25-10-3-4-22(8-10)12-7-19-11(6-20-12)14(23)24/h1-2,5-7,10H,3-4,8H2,(H,23,24). The minimum Gasteiger partial charge on any atom is -0.476 e. The fraction of sp³-hybridized carbons (Fsp3) is 0.333. The highest BCUT2D eigenvalue weighted by atomic mass is 19.4. The highest BCUT2D eigenvalue weighted by molar-refractivity contribution is 5.84. The van der Waals surface area contributed by atoms with Crippen LogP contribution >= 0.6 is 0 Å². The lowest BCUT2D eigenvalue weighted by molar-refractivity contribution is -0.137. The quantitative estimate of drug-likeness (QED) is 0.901. The largest absolute Gasteiger partial charge is 0.476 e. The molecule has 2 aromatic heterocycles. The predicted molar refractivity (Wildman–Crippen MR) is 79.5 cm³/mol. The summed E-state index contributed by atoms with van der Waals surface area (Å²) in [4.78, 5) is 24.1. The summed E-state index contributed by atoms with van der Waals surface area (Å²) in [5.41, 5.74) is -0.980. The number of rotatable bonds is 4. The average Bonchev–Trinajstić information content (AvgIpc) is 3.03. The third-order valence-electron chi connectivity index (χ3n) is 3.68. The van der Waals surface area contributed by atoms with Gasteiger partial charge in [-0.25, -0.2) is 19.7 Å². The van der Waals surface area contributed by atoms with Crippen molar-refractivity contribution in [3.8, 4) is 5.88 Å². The van der Waals surface area contributed by atoms with Crippen LogP contribution in [-0.4, -0.2) is 45.2 Å². The Kier molecular flexibility index (Phi) is 4.43. The zero-order valence-electron chi connectivity index (χ0n) is 12.8. The summed E-state index contributed by atoms with van der Waals surface area (Å²) in [6.07, 6.45) is -0.796. The number of aromatic carboxylic acids is 1. The molecule has 2 aromatic rings. The van der Waals surface area contributed by atoms with E-state index in [1.807, 2.05) is 4.90 Å². The first-order valence-corrected chi connectivity index (χ1v) is 7.33. The first-order valence-electron chi connectivity index (χ1n) is 7.33. The van der Waals surface area contributed by atoms with Gasteiger partial charge in [0, 0.05) is 25.2 Å². The molecular weight excluding hydrogens is 341 g/mol. The number of hydrogen-bond donors (Lipinski definition) is 1. The van der Waals surface area contributed by atoms with Crippen LogP contribution < -0.4 is 9.64 Å². The predicted octanol–water partition coefficient (Wildman–Crippen LogP) is 2.25. The molecule has 1 aliphatic heterocycles. The van der Waals surface area contributed by atoms with Crippen LogP contribution in [0.25, 0.3) is 0 Å². The van der Waals surface area contributed by atoms with E-state index in [0.717, 1.165) is 12.3 Å². The van der Waals surface area contributed by atoms with Crippen LogP contribution in [0.5, 0.6) is 5.88 Å². The third kappa shape index (κ3) is 3.95. The van der Waals surface area contributed by atoms with Gasteiger partial charge in [-0.05, 0) is 6.07 Å².